The second-order valence-electron chi connectivity index (χ2n) is 4.35. The zero-order valence-electron chi connectivity index (χ0n) is 10.8. The molecule has 0 aliphatic rings. The quantitative estimate of drug-likeness (QED) is 0.536. The van der Waals surface area contributed by atoms with Crippen LogP contribution >= 0.6 is 0 Å². The lowest BCUT2D eigenvalue weighted by Crippen LogP contribution is -2.07. The minimum atomic E-state index is -5.11. The molecule has 2 rings (SSSR count). The first-order valence-corrected chi connectivity index (χ1v) is 9.77. The third kappa shape index (κ3) is 3.29. The van der Waals surface area contributed by atoms with Gasteiger partial charge in [0.05, 0.1) is 4.90 Å². The Morgan fingerprint density at radius 2 is 1.22 bits per heavy atom. The molecule has 0 saturated carbocycles. The van der Waals surface area contributed by atoms with E-state index in [1.54, 1.807) is 0 Å². The second-order valence-corrected chi connectivity index (χ2v) is 8.55. The summed E-state index contributed by atoms with van der Waals surface area (Å²) in [5, 5.41) is 8.27. The van der Waals surface area contributed by atoms with Crippen molar-refractivity contribution in [2.45, 2.75) is 14.7 Å². The van der Waals surface area contributed by atoms with Gasteiger partial charge in [-0.05, 0) is 24.3 Å². The van der Waals surface area contributed by atoms with Crippen molar-refractivity contribution in [1.82, 2.24) is 0 Å². The first-order chi connectivity index (χ1) is 10.2. The molecule has 4 N–H and O–H groups in total. The molecule has 126 valence electrons. The van der Waals surface area contributed by atoms with Gasteiger partial charge in [-0.25, -0.2) is 0 Å². The van der Waals surface area contributed by atoms with Gasteiger partial charge in [-0.15, -0.1) is 0 Å². The molecule has 0 spiro atoms. The predicted molar refractivity (Wildman–Crippen MR) is 75.1 cm³/mol. The van der Waals surface area contributed by atoms with E-state index in [4.69, 9.17) is 13.7 Å². The van der Waals surface area contributed by atoms with Gasteiger partial charge in [-0.2, -0.15) is 25.3 Å². The zero-order valence-corrected chi connectivity index (χ0v) is 13.2. The fourth-order valence-electron chi connectivity index (χ4n) is 1.95. The van der Waals surface area contributed by atoms with E-state index in [1.807, 2.05) is 0 Å². The number of phenolic OH excluding ortho intramolecular Hbond substituents is 1. The van der Waals surface area contributed by atoms with Crippen LogP contribution < -0.4 is 0 Å². The number of rotatable bonds is 3. The summed E-state index contributed by atoms with van der Waals surface area (Å²) in [5.41, 5.74) is 0. The molecular weight excluding hydrogens is 376 g/mol. The highest BCUT2D eigenvalue weighted by molar-refractivity contribution is 7.87. The second kappa shape index (κ2) is 5.12. The van der Waals surface area contributed by atoms with E-state index in [9.17, 15) is 30.4 Å². The van der Waals surface area contributed by atoms with Crippen LogP contribution in [0.4, 0.5) is 0 Å². The molecule has 0 atom stereocenters. The predicted octanol–water partition coefficient (Wildman–Crippen LogP) is 0.286. The number of fused-ring (bicyclic) bond motifs is 1. The lowest BCUT2D eigenvalue weighted by Gasteiger charge is -2.11. The fourth-order valence-corrected chi connectivity index (χ4v) is 3.99. The van der Waals surface area contributed by atoms with Gasteiger partial charge in [-0.3, -0.25) is 13.7 Å². The summed E-state index contributed by atoms with van der Waals surface area (Å²) in [6, 6.07) is 2.28. The Labute approximate surface area is 130 Å². The first-order valence-electron chi connectivity index (χ1n) is 5.45. The first kappa shape index (κ1) is 17.6. The molecule has 23 heavy (non-hydrogen) atoms. The highest BCUT2D eigenvalue weighted by Crippen LogP contribution is 2.37. The van der Waals surface area contributed by atoms with E-state index < -0.39 is 61.6 Å². The SMILES string of the molecule is O=S(=O)(O)c1cc(S(=O)(=O)O)c2c(O)ccc(S(=O)(=O)O)c2c1. The van der Waals surface area contributed by atoms with Crippen molar-refractivity contribution in [3.05, 3.63) is 24.3 Å². The Balaban J connectivity index is 3.25. The van der Waals surface area contributed by atoms with E-state index in [2.05, 4.69) is 0 Å². The van der Waals surface area contributed by atoms with Gasteiger partial charge < -0.3 is 5.11 Å². The van der Waals surface area contributed by atoms with Crippen LogP contribution in [0.1, 0.15) is 0 Å². The normalized spacial score (nSPS) is 13.3. The Bertz CT molecular complexity index is 1130. The summed E-state index contributed by atoms with van der Waals surface area (Å²) < 4.78 is 95.2. The summed E-state index contributed by atoms with van der Waals surface area (Å²) >= 11 is 0. The number of aromatic hydroxyl groups is 1. The van der Waals surface area contributed by atoms with E-state index in [0.29, 0.717) is 18.2 Å². The van der Waals surface area contributed by atoms with Crippen LogP contribution in [0.15, 0.2) is 39.0 Å². The van der Waals surface area contributed by atoms with Gasteiger partial charge in [0.1, 0.15) is 15.5 Å². The molecule has 0 unspecified atom stereocenters. The highest BCUT2D eigenvalue weighted by Gasteiger charge is 2.26. The molecule has 0 amide bonds. The van der Waals surface area contributed by atoms with Crippen molar-refractivity contribution in [3.63, 3.8) is 0 Å². The molecule has 0 aromatic heterocycles. The van der Waals surface area contributed by atoms with Crippen molar-refractivity contribution in [3.8, 4) is 5.75 Å². The van der Waals surface area contributed by atoms with Crippen molar-refractivity contribution >= 4 is 41.1 Å². The third-order valence-electron chi connectivity index (χ3n) is 2.84. The molecule has 0 heterocycles. The maximum Gasteiger partial charge on any atom is 0.295 e. The van der Waals surface area contributed by atoms with Gasteiger partial charge >= 0.3 is 0 Å². The molecule has 0 aliphatic heterocycles. The topological polar surface area (TPSA) is 183 Å². The standard InChI is InChI=1S/C10H8O10S3/c11-7-1-2-8(22(15,16)17)6-3-5(21(12,13)14)4-9(10(6)7)23(18,19)20/h1-4,11H,(H,12,13,14)(H,15,16,17)(H,18,19,20). The van der Waals surface area contributed by atoms with Crippen LogP contribution in [0.5, 0.6) is 5.75 Å². The van der Waals surface area contributed by atoms with Crippen LogP contribution in [0.25, 0.3) is 10.8 Å². The highest BCUT2D eigenvalue weighted by atomic mass is 32.2. The molecule has 10 nitrogen and oxygen atoms in total. The average Bonchev–Trinajstić information content (AvgIpc) is 2.34. The molecule has 0 radical (unpaired) electrons. The van der Waals surface area contributed by atoms with Crippen molar-refractivity contribution in [2.24, 2.45) is 0 Å². The smallest absolute Gasteiger partial charge is 0.295 e. The summed E-state index contributed by atoms with van der Waals surface area (Å²) in [7, 11) is -15.0. The number of phenols is 1. The largest absolute Gasteiger partial charge is 0.507 e. The lowest BCUT2D eigenvalue weighted by molar-refractivity contribution is 0.470. The number of hydrogen-bond donors (Lipinski definition) is 4. The third-order valence-corrected chi connectivity index (χ3v) is 5.46. The summed E-state index contributed by atoms with van der Waals surface area (Å²) in [6.45, 7) is 0. The van der Waals surface area contributed by atoms with E-state index >= 15 is 0 Å². The molecule has 0 saturated heterocycles. The van der Waals surface area contributed by atoms with Crippen LogP contribution in [0, 0.1) is 0 Å². The van der Waals surface area contributed by atoms with Crippen LogP contribution in [-0.2, 0) is 30.4 Å². The number of hydrogen-bond acceptors (Lipinski definition) is 7. The van der Waals surface area contributed by atoms with E-state index in [0.717, 1.165) is 6.07 Å². The molecule has 0 fully saturated rings. The molecule has 0 bridgehead atoms. The molecule has 13 heteroatoms. The summed E-state index contributed by atoms with van der Waals surface area (Å²) in [4.78, 5) is -3.15. The van der Waals surface area contributed by atoms with Gasteiger partial charge in [0, 0.05) is 10.8 Å². The van der Waals surface area contributed by atoms with Gasteiger partial charge in [0.2, 0.25) is 0 Å². The Hall–Kier alpha value is -1.77. The molecule has 0 aliphatic carbocycles. The van der Waals surface area contributed by atoms with Gasteiger partial charge in [0.15, 0.2) is 0 Å². The Morgan fingerprint density at radius 3 is 1.65 bits per heavy atom. The summed E-state index contributed by atoms with van der Waals surface area (Å²) in [5.74, 6) is -0.804. The average molecular weight is 384 g/mol. The van der Waals surface area contributed by atoms with Gasteiger partial charge in [-0.1, -0.05) is 0 Å². The summed E-state index contributed by atoms with van der Waals surface area (Å²) in [6.07, 6.45) is 0. The van der Waals surface area contributed by atoms with Crippen LogP contribution in [0.2, 0.25) is 0 Å². The lowest BCUT2D eigenvalue weighted by atomic mass is 10.1. The van der Waals surface area contributed by atoms with Crippen molar-refractivity contribution in [1.29, 1.82) is 0 Å². The molecule has 2 aromatic carbocycles. The number of benzene rings is 2. The van der Waals surface area contributed by atoms with Crippen LogP contribution in [-0.4, -0.2) is 44.0 Å². The zero-order chi connectivity index (χ0) is 17.8. The van der Waals surface area contributed by atoms with Crippen LogP contribution in [0.3, 0.4) is 0 Å². The monoisotopic (exact) mass is 384 g/mol. The van der Waals surface area contributed by atoms with E-state index in [-0.39, 0.29) is 0 Å². The Kier molecular flexibility index (Phi) is 3.91. The van der Waals surface area contributed by atoms with Crippen molar-refractivity contribution in [2.75, 3.05) is 0 Å². The maximum atomic E-state index is 11.4. The minimum absolute atomic E-state index is 0.334. The Morgan fingerprint density at radius 1 is 0.696 bits per heavy atom. The molecular formula is C10H8O10S3. The van der Waals surface area contributed by atoms with Crippen molar-refractivity contribution < 1.29 is 44.0 Å². The van der Waals surface area contributed by atoms with Gasteiger partial charge in [0.25, 0.3) is 30.4 Å². The minimum Gasteiger partial charge on any atom is -0.507 e. The fraction of sp³-hybridized carbons (Fsp3) is 0. The van der Waals surface area contributed by atoms with E-state index in [1.165, 1.54) is 0 Å². The maximum absolute atomic E-state index is 11.4. The molecule has 2 aromatic rings.